The van der Waals surface area contributed by atoms with Crippen LogP contribution in [0.3, 0.4) is 0 Å². The highest BCUT2D eigenvalue weighted by atomic mass is 35.5. The van der Waals surface area contributed by atoms with Crippen LogP contribution in [0.2, 0.25) is 5.02 Å². The molecule has 4 N–H and O–H groups in total. The van der Waals surface area contributed by atoms with Gasteiger partial charge in [0.15, 0.2) is 0 Å². The number of hydrogen-bond donors (Lipinski definition) is 3. The van der Waals surface area contributed by atoms with Crippen LogP contribution in [0.4, 0.5) is 0 Å². The van der Waals surface area contributed by atoms with Crippen LogP contribution in [0.25, 0.3) is 5.69 Å². The van der Waals surface area contributed by atoms with Crippen molar-refractivity contribution in [3.63, 3.8) is 0 Å². The van der Waals surface area contributed by atoms with E-state index in [1.807, 2.05) is 27.7 Å². The molecule has 9 nitrogen and oxygen atoms in total. The number of nitrogens with one attached hydrogen (secondary N) is 2. The summed E-state index contributed by atoms with van der Waals surface area (Å²) in [6, 6.07) is 3.87. The van der Waals surface area contributed by atoms with Gasteiger partial charge in [-0.2, -0.15) is 0 Å². The second-order valence-corrected chi connectivity index (χ2v) is 8.52. The first-order valence-electron chi connectivity index (χ1n) is 9.46. The number of carbonyl (C=O) groups excluding carboxylic acids is 2. The van der Waals surface area contributed by atoms with E-state index in [4.69, 9.17) is 17.3 Å². The Labute approximate surface area is 175 Å². The lowest BCUT2D eigenvalue weighted by atomic mass is 9.88. The van der Waals surface area contributed by atoms with Gasteiger partial charge in [-0.15, -0.1) is 5.10 Å². The summed E-state index contributed by atoms with van der Waals surface area (Å²) in [6.45, 7) is 8.06. The van der Waals surface area contributed by atoms with Gasteiger partial charge in [0.1, 0.15) is 12.4 Å². The Balaban J connectivity index is 2.02. The number of benzene rings is 1. The molecular formula is C19H28ClN7O2. The van der Waals surface area contributed by atoms with Crippen LogP contribution < -0.4 is 16.4 Å². The van der Waals surface area contributed by atoms with Crippen LogP contribution in [0.5, 0.6) is 0 Å². The van der Waals surface area contributed by atoms with Gasteiger partial charge >= 0.3 is 0 Å². The van der Waals surface area contributed by atoms with Crippen molar-refractivity contribution >= 4 is 23.4 Å². The highest BCUT2D eigenvalue weighted by Gasteiger charge is 2.25. The minimum atomic E-state index is -0.677. The second-order valence-electron chi connectivity index (χ2n) is 8.09. The minimum Gasteiger partial charge on any atom is -0.350 e. The molecule has 29 heavy (non-hydrogen) atoms. The first-order valence-corrected chi connectivity index (χ1v) is 9.84. The highest BCUT2D eigenvalue weighted by Crippen LogP contribution is 2.20. The normalized spacial score (nSPS) is 13.6. The number of rotatable bonds is 8. The smallest absolute Gasteiger partial charge is 0.242 e. The van der Waals surface area contributed by atoms with Gasteiger partial charge in [0, 0.05) is 11.6 Å². The van der Waals surface area contributed by atoms with Gasteiger partial charge in [-0.1, -0.05) is 39.3 Å². The molecule has 0 aliphatic carbocycles. The van der Waals surface area contributed by atoms with Gasteiger partial charge in [0.25, 0.3) is 0 Å². The number of hydrogen-bond acceptors (Lipinski definition) is 6. The summed E-state index contributed by atoms with van der Waals surface area (Å²) in [5.74, 6) is -0.634. The van der Waals surface area contributed by atoms with Crippen molar-refractivity contribution in [3.8, 4) is 5.69 Å². The molecule has 2 atom stereocenters. The lowest BCUT2D eigenvalue weighted by Gasteiger charge is -2.24. The number of nitrogens with zero attached hydrogens (tertiary/aromatic N) is 4. The van der Waals surface area contributed by atoms with Crippen LogP contribution in [-0.2, 0) is 16.1 Å². The monoisotopic (exact) mass is 421 g/mol. The molecule has 10 heteroatoms. The fourth-order valence-corrected chi connectivity index (χ4v) is 3.08. The zero-order chi connectivity index (χ0) is 21.6. The van der Waals surface area contributed by atoms with Crippen LogP contribution in [0.1, 0.15) is 46.1 Å². The molecule has 0 spiro atoms. The fraction of sp³-hybridized carbons (Fsp3) is 0.526. The van der Waals surface area contributed by atoms with E-state index in [2.05, 4.69) is 26.2 Å². The third kappa shape index (κ3) is 6.79. The summed E-state index contributed by atoms with van der Waals surface area (Å²) in [7, 11) is 0. The molecule has 1 heterocycles. The second kappa shape index (κ2) is 9.80. The van der Waals surface area contributed by atoms with Crippen molar-refractivity contribution < 1.29 is 9.59 Å². The van der Waals surface area contributed by atoms with E-state index >= 15 is 0 Å². The van der Waals surface area contributed by atoms with Gasteiger partial charge in [-0.25, -0.2) is 4.68 Å². The summed E-state index contributed by atoms with van der Waals surface area (Å²) < 4.78 is 1.49. The van der Waals surface area contributed by atoms with Crippen molar-refractivity contribution in [2.24, 2.45) is 11.1 Å². The average Bonchev–Trinajstić information content (AvgIpc) is 3.17. The maximum atomic E-state index is 12.6. The number of aromatic nitrogens is 4. The predicted octanol–water partition coefficient (Wildman–Crippen LogP) is 1.59. The molecule has 158 valence electrons. The van der Waals surface area contributed by atoms with Gasteiger partial charge in [-0.05, 0) is 52.4 Å². The number of tetrazole rings is 1. The maximum absolute atomic E-state index is 12.6. The number of carbonyl (C=O) groups is 2. The Morgan fingerprint density at radius 1 is 1.28 bits per heavy atom. The molecule has 1 aromatic carbocycles. The Bertz CT molecular complexity index is 834. The van der Waals surface area contributed by atoms with Crippen molar-refractivity contribution in [1.29, 1.82) is 0 Å². The van der Waals surface area contributed by atoms with E-state index in [1.54, 1.807) is 18.2 Å². The maximum Gasteiger partial charge on any atom is 0.242 e. The molecule has 0 saturated carbocycles. The predicted molar refractivity (Wildman–Crippen MR) is 110 cm³/mol. The fourth-order valence-electron chi connectivity index (χ4n) is 2.88. The Morgan fingerprint density at radius 3 is 2.59 bits per heavy atom. The number of halogens is 1. The zero-order valence-electron chi connectivity index (χ0n) is 17.1. The third-order valence-electron chi connectivity index (χ3n) is 4.30. The largest absolute Gasteiger partial charge is 0.350 e. The van der Waals surface area contributed by atoms with Crippen LogP contribution >= 0.6 is 11.6 Å². The lowest BCUT2D eigenvalue weighted by Crippen LogP contribution is -2.51. The molecule has 2 aromatic rings. The van der Waals surface area contributed by atoms with E-state index in [1.165, 1.54) is 11.0 Å². The van der Waals surface area contributed by atoms with Crippen molar-refractivity contribution in [2.45, 2.75) is 59.2 Å². The Kier molecular flexibility index (Phi) is 7.69. The molecule has 0 saturated heterocycles. The van der Waals surface area contributed by atoms with E-state index in [-0.39, 0.29) is 23.8 Å². The molecule has 1 aromatic heterocycles. The first-order chi connectivity index (χ1) is 13.6. The summed E-state index contributed by atoms with van der Waals surface area (Å²) >= 11 is 6.10. The first kappa shape index (κ1) is 22.8. The SMILES string of the molecule is CC[C@H](NC(=O)[C@H](N)CC(C)(C)C)C(=O)NCc1cc(Cl)ccc1-n1cnnn1. The molecule has 0 fully saturated rings. The van der Waals surface area contributed by atoms with Gasteiger partial charge in [-0.3, -0.25) is 9.59 Å². The average molecular weight is 422 g/mol. The van der Waals surface area contributed by atoms with Crippen LogP contribution in [-0.4, -0.2) is 44.1 Å². The molecule has 0 radical (unpaired) electrons. The molecule has 0 bridgehead atoms. The lowest BCUT2D eigenvalue weighted by molar-refractivity contribution is -0.130. The third-order valence-corrected chi connectivity index (χ3v) is 4.54. The highest BCUT2D eigenvalue weighted by molar-refractivity contribution is 6.30. The summed E-state index contributed by atoms with van der Waals surface area (Å²) in [6.07, 6.45) is 2.42. The number of nitrogens with two attached hydrogens (primary N) is 1. The molecular weight excluding hydrogens is 394 g/mol. The molecule has 2 amide bonds. The molecule has 0 aliphatic heterocycles. The summed E-state index contributed by atoms with van der Waals surface area (Å²) in [5.41, 5.74) is 7.34. The summed E-state index contributed by atoms with van der Waals surface area (Å²) in [4.78, 5) is 25.0. The standard InChI is InChI=1S/C19H28ClN7O2/c1-5-15(24-17(28)14(21)9-19(2,3)4)18(29)22-10-12-8-13(20)6-7-16(12)27-11-23-25-26-27/h6-8,11,14-15H,5,9-10,21H2,1-4H3,(H,22,29)(H,24,28)/t14-,15+/m1/s1. The summed E-state index contributed by atoms with van der Waals surface area (Å²) in [5, 5.41) is 17.2. The molecule has 0 aliphatic rings. The van der Waals surface area contributed by atoms with Crippen LogP contribution in [0.15, 0.2) is 24.5 Å². The van der Waals surface area contributed by atoms with Crippen molar-refractivity contribution in [3.05, 3.63) is 35.1 Å². The number of amides is 2. The molecule has 0 unspecified atom stereocenters. The zero-order valence-corrected chi connectivity index (χ0v) is 17.9. The van der Waals surface area contributed by atoms with Gasteiger partial charge in [0.05, 0.1) is 11.7 Å². The van der Waals surface area contributed by atoms with E-state index in [9.17, 15) is 9.59 Å². The van der Waals surface area contributed by atoms with Gasteiger partial charge < -0.3 is 16.4 Å². The van der Waals surface area contributed by atoms with Crippen LogP contribution in [0, 0.1) is 5.41 Å². The molecule has 2 rings (SSSR count). The minimum absolute atomic E-state index is 0.0834. The van der Waals surface area contributed by atoms with E-state index < -0.39 is 12.1 Å². The van der Waals surface area contributed by atoms with E-state index in [0.29, 0.717) is 23.6 Å². The topological polar surface area (TPSA) is 128 Å². The van der Waals surface area contributed by atoms with Crippen molar-refractivity contribution in [2.75, 3.05) is 0 Å². The van der Waals surface area contributed by atoms with Crippen molar-refractivity contribution in [1.82, 2.24) is 30.8 Å². The quantitative estimate of drug-likeness (QED) is 0.593. The Hall–Kier alpha value is -2.52. The Morgan fingerprint density at radius 2 is 2.00 bits per heavy atom. The van der Waals surface area contributed by atoms with Gasteiger partial charge in [0.2, 0.25) is 11.8 Å². The van der Waals surface area contributed by atoms with E-state index in [0.717, 1.165) is 5.56 Å².